The third-order valence-electron chi connectivity index (χ3n) is 4.29. The highest BCUT2D eigenvalue weighted by Gasteiger charge is 2.17. The van der Waals surface area contributed by atoms with Crippen molar-refractivity contribution in [3.8, 4) is 11.5 Å². The van der Waals surface area contributed by atoms with Crippen LogP contribution in [-0.2, 0) is 7.05 Å². The number of nitrogens with zero attached hydrogens (tertiary/aromatic N) is 1. The van der Waals surface area contributed by atoms with Crippen molar-refractivity contribution in [3.05, 3.63) is 59.8 Å². The Morgan fingerprint density at radius 2 is 1.65 bits per heavy atom. The minimum atomic E-state index is -0.314. The van der Waals surface area contributed by atoms with E-state index in [1.165, 1.54) is 0 Å². The molecule has 2 aromatic carbocycles. The van der Waals surface area contributed by atoms with Crippen LogP contribution in [0.2, 0.25) is 0 Å². The number of hydrogen-bond acceptors (Lipinski definition) is 4. The van der Waals surface area contributed by atoms with Crippen molar-refractivity contribution in [1.29, 1.82) is 0 Å². The van der Waals surface area contributed by atoms with E-state index < -0.39 is 0 Å². The summed E-state index contributed by atoms with van der Waals surface area (Å²) in [4.78, 5) is 24.7. The number of aryl methyl sites for hydroxylation is 1. The minimum Gasteiger partial charge on any atom is -0.493 e. The first-order chi connectivity index (χ1) is 12.5. The Labute approximate surface area is 151 Å². The molecule has 1 heterocycles. The SMILES string of the molecule is COc1cc2cc(C(=O)NCC(=O)c3ccccc3)n(C)c2cc1OC. The molecule has 0 aliphatic heterocycles. The molecule has 134 valence electrons. The number of Topliss-reactive ketones (excluding diaryl/α,β-unsaturated/α-hetero) is 1. The van der Waals surface area contributed by atoms with Crippen LogP contribution in [0.15, 0.2) is 48.5 Å². The molecular weight excluding hydrogens is 332 g/mol. The Morgan fingerprint density at radius 1 is 1.00 bits per heavy atom. The smallest absolute Gasteiger partial charge is 0.268 e. The van der Waals surface area contributed by atoms with Crippen LogP contribution >= 0.6 is 0 Å². The number of ether oxygens (including phenoxy) is 2. The molecule has 26 heavy (non-hydrogen) atoms. The fourth-order valence-electron chi connectivity index (χ4n) is 2.86. The highest BCUT2D eigenvalue weighted by Crippen LogP contribution is 2.33. The average molecular weight is 352 g/mol. The maximum absolute atomic E-state index is 12.5. The summed E-state index contributed by atoms with van der Waals surface area (Å²) in [5.74, 6) is 0.733. The van der Waals surface area contributed by atoms with Crippen LogP contribution in [0.3, 0.4) is 0 Å². The molecule has 1 amide bonds. The Morgan fingerprint density at radius 3 is 2.31 bits per heavy atom. The second kappa shape index (κ2) is 7.31. The van der Waals surface area contributed by atoms with E-state index in [9.17, 15) is 9.59 Å². The molecule has 3 rings (SSSR count). The molecule has 6 nitrogen and oxygen atoms in total. The standard InChI is InChI=1S/C20H20N2O4/c1-22-15-11-19(26-3)18(25-2)10-14(15)9-16(22)20(24)21-12-17(23)13-7-5-4-6-8-13/h4-11H,12H2,1-3H3,(H,21,24). The molecule has 0 radical (unpaired) electrons. The van der Waals surface area contributed by atoms with Gasteiger partial charge in [-0.2, -0.15) is 0 Å². The molecule has 0 bridgehead atoms. The third kappa shape index (κ3) is 3.26. The predicted octanol–water partition coefficient (Wildman–Crippen LogP) is 2.81. The van der Waals surface area contributed by atoms with E-state index in [1.807, 2.05) is 18.2 Å². The molecule has 0 saturated heterocycles. The van der Waals surface area contributed by atoms with Crippen LogP contribution in [0.25, 0.3) is 10.9 Å². The molecule has 0 atom stereocenters. The summed E-state index contributed by atoms with van der Waals surface area (Å²) in [6.45, 7) is -0.0585. The molecule has 0 saturated carbocycles. The van der Waals surface area contributed by atoms with Crippen LogP contribution < -0.4 is 14.8 Å². The lowest BCUT2D eigenvalue weighted by Gasteiger charge is -2.09. The first-order valence-corrected chi connectivity index (χ1v) is 8.13. The summed E-state index contributed by atoms with van der Waals surface area (Å²) < 4.78 is 12.4. The number of fused-ring (bicyclic) bond motifs is 1. The summed E-state index contributed by atoms with van der Waals surface area (Å²) in [5.41, 5.74) is 1.86. The number of rotatable bonds is 6. The number of carbonyl (C=O) groups excluding carboxylic acids is 2. The molecule has 0 spiro atoms. The van der Waals surface area contributed by atoms with E-state index in [4.69, 9.17) is 9.47 Å². The van der Waals surface area contributed by atoms with Crippen LogP contribution in [0.1, 0.15) is 20.8 Å². The summed E-state index contributed by atoms with van der Waals surface area (Å²) in [6.07, 6.45) is 0. The van der Waals surface area contributed by atoms with Crippen molar-refractivity contribution in [1.82, 2.24) is 9.88 Å². The lowest BCUT2D eigenvalue weighted by molar-refractivity contribution is 0.0899. The molecule has 0 aliphatic carbocycles. The molecular formula is C20H20N2O4. The van der Waals surface area contributed by atoms with Gasteiger partial charge in [-0.25, -0.2) is 0 Å². The zero-order valence-corrected chi connectivity index (χ0v) is 14.9. The molecule has 3 aromatic rings. The Balaban J connectivity index is 1.82. The number of nitrogens with one attached hydrogen (secondary N) is 1. The van der Waals surface area contributed by atoms with Crippen molar-refractivity contribution in [2.75, 3.05) is 20.8 Å². The minimum absolute atomic E-state index is 0.0585. The monoisotopic (exact) mass is 352 g/mol. The van der Waals surface area contributed by atoms with Gasteiger partial charge in [0, 0.05) is 24.1 Å². The molecule has 1 aromatic heterocycles. The van der Waals surface area contributed by atoms with Gasteiger partial charge in [0.15, 0.2) is 17.3 Å². The quantitative estimate of drug-likeness (QED) is 0.693. The van der Waals surface area contributed by atoms with E-state index in [1.54, 1.807) is 56.2 Å². The zero-order chi connectivity index (χ0) is 18.7. The summed E-state index contributed by atoms with van der Waals surface area (Å²) in [5, 5.41) is 3.54. The molecule has 0 aliphatic rings. The molecule has 1 N–H and O–H groups in total. The first kappa shape index (κ1) is 17.5. The van der Waals surface area contributed by atoms with Crippen molar-refractivity contribution in [2.24, 2.45) is 7.05 Å². The summed E-state index contributed by atoms with van der Waals surface area (Å²) in [6, 6.07) is 14.3. The number of aromatic nitrogens is 1. The number of benzene rings is 2. The molecule has 6 heteroatoms. The second-order valence-corrected chi connectivity index (χ2v) is 5.83. The van der Waals surface area contributed by atoms with Gasteiger partial charge >= 0.3 is 0 Å². The van der Waals surface area contributed by atoms with E-state index in [0.717, 1.165) is 10.9 Å². The lowest BCUT2D eigenvalue weighted by atomic mass is 10.1. The second-order valence-electron chi connectivity index (χ2n) is 5.83. The summed E-state index contributed by atoms with van der Waals surface area (Å²) in [7, 11) is 4.92. The van der Waals surface area contributed by atoms with Crippen LogP contribution in [-0.4, -0.2) is 37.0 Å². The maximum atomic E-state index is 12.5. The fourth-order valence-corrected chi connectivity index (χ4v) is 2.86. The number of ketones is 1. The zero-order valence-electron chi connectivity index (χ0n) is 14.9. The maximum Gasteiger partial charge on any atom is 0.268 e. The van der Waals surface area contributed by atoms with Crippen LogP contribution in [0.5, 0.6) is 11.5 Å². The van der Waals surface area contributed by atoms with E-state index >= 15 is 0 Å². The van der Waals surface area contributed by atoms with Crippen molar-refractivity contribution in [3.63, 3.8) is 0 Å². The van der Waals surface area contributed by atoms with Gasteiger partial charge < -0.3 is 19.4 Å². The van der Waals surface area contributed by atoms with Gasteiger partial charge in [0.2, 0.25) is 0 Å². The van der Waals surface area contributed by atoms with Gasteiger partial charge in [-0.15, -0.1) is 0 Å². The first-order valence-electron chi connectivity index (χ1n) is 8.13. The van der Waals surface area contributed by atoms with Crippen molar-refractivity contribution < 1.29 is 19.1 Å². The van der Waals surface area contributed by atoms with Gasteiger partial charge in [-0.1, -0.05) is 30.3 Å². The predicted molar refractivity (Wildman–Crippen MR) is 99.1 cm³/mol. The lowest BCUT2D eigenvalue weighted by Crippen LogP contribution is -2.30. The Kier molecular flexibility index (Phi) is 4.93. The van der Waals surface area contributed by atoms with Gasteiger partial charge in [-0.3, -0.25) is 9.59 Å². The van der Waals surface area contributed by atoms with Gasteiger partial charge in [0.1, 0.15) is 5.69 Å². The molecule has 0 fully saturated rings. The normalized spacial score (nSPS) is 10.6. The number of amides is 1. The van der Waals surface area contributed by atoms with E-state index in [-0.39, 0.29) is 18.2 Å². The van der Waals surface area contributed by atoms with Crippen molar-refractivity contribution >= 4 is 22.6 Å². The van der Waals surface area contributed by atoms with Gasteiger partial charge in [-0.05, 0) is 12.1 Å². The third-order valence-corrected chi connectivity index (χ3v) is 4.29. The average Bonchev–Trinajstić information content (AvgIpc) is 3.01. The van der Waals surface area contributed by atoms with E-state index in [2.05, 4.69) is 5.32 Å². The number of methoxy groups -OCH3 is 2. The topological polar surface area (TPSA) is 69.6 Å². The number of carbonyl (C=O) groups is 2. The highest BCUT2D eigenvalue weighted by molar-refractivity contribution is 6.03. The van der Waals surface area contributed by atoms with Gasteiger partial charge in [0.25, 0.3) is 5.91 Å². The summed E-state index contributed by atoms with van der Waals surface area (Å²) >= 11 is 0. The number of hydrogen-bond donors (Lipinski definition) is 1. The molecule has 0 unspecified atom stereocenters. The van der Waals surface area contributed by atoms with Crippen molar-refractivity contribution in [2.45, 2.75) is 0 Å². The fraction of sp³-hybridized carbons (Fsp3) is 0.200. The van der Waals surface area contributed by atoms with Crippen LogP contribution in [0.4, 0.5) is 0 Å². The van der Waals surface area contributed by atoms with Crippen LogP contribution in [0, 0.1) is 0 Å². The Bertz CT molecular complexity index is 961. The highest BCUT2D eigenvalue weighted by atomic mass is 16.5. The Hall–Kier alpha value is -3.28. The van der Waals surface area contributed by atoms with Gasteiger partial charge in [0.05, 0.1) is 26.3 Å². The van der Waals surface area contributed by atoms with E-state index in [0.29, 0.717) is 22.8 Å². The largest absolute Gasteiger partial charge is 0.493 e.